The largest absolute Gasteiger partial charge is 0.380 e. The van der Waals surface area contributed by atoms with E-state index in [0.717, 1.165) is 39.1 Å². The Bertz CT molecular complexity index is 142. The fraction of sp³-hybridized carbons (Fsp3) is 1.00. The second-order valence-corrected chi connectivity index (χ2v) is 4.61. The lowest BCUT2D eigenvalue weighted by molar-refractivity contribution is 0.108. The van der Waals surface area contributed by atoms with Crippen LogP contribution in [-0.2, 0) is 4.74 Å². The average molecular weight is 230 g/mol. The fourth-order valence-corrected chi connectivity index (χ4v) is 1.58. The van der Waals surface area contributed by atoms with Crippen LogP contribution in [0.15, 0.2) is 0 Å². The zero-order valence-corrected chi connectivity index (χ0v) is 11.4. The summed E-state index contributed by atoms with van der Waals surface area (Å²) in [5.74, 6) is 0. The highest BCUT2D eigenvalue weighted by molar-refractivity contribution is 4.63. The Balaban J connectivity index is 3.27. The van der Waals surface area contributed by atoms with Crippen molar-refractivity contribution in [1.29, 1.82) is 0 Å². The molecular weight excluding hydrogens is 200 g/mol. The molecule has 0 bridgehead atoms. The van der Waals surface area contributed by atoms with Gasteiger partial charge in [0.05, 0.1) is 6.61 Å². The summed E-state index contributed by atoms with van der Waals surface area (Å²) in [5, 5.41) is 0. The number of unbranched alkanes of at least 4 members (excludes halogenated alkanes) is 1. The third kappa shape index (κ3) is 10.4. The van der Waals surface area contributed by atoms with Gasteiger partial charge in [-0.25, -0.2) is 0 Å². The average Bonchev–Trinajstić information content (AvgIpc) is 2.26. The summed E-state index contributed by atoms with van der Waals surface area (Å²) >= 11 is 0. The summed E-state index contributed by atoms with van der Waals surface area (Å²) in [4.78, 5) is 2.31. The molecule has 1 unspecified atom stereocenters. The SMILES string of the molecule is CCCCOCCN(C)CCC(N)CCC. The number of ether oxygens (including phenoxy) is 1. The van der Waals surface area contributed by atoms with Crippen molar-refractivity contribution in [2.45, 2.75) is 52.0 Å². The lowest BCUT2D eigenvalue weighted by Crippen LogP contribution is -2.30. The molecule has 0 aromatic heterocycles. The summed E-state index contributed by atoms with van der Waals surface area (Å²) < 4.78 is 5.53. The molecule has 0 heterocycles. The Morgan fingerprint density at radius 3 is 2.44 bits per heavy atom. The predicted molar refractivity (Wildman–Crippen MR) is 70.7 cm³/mol. The highest BCUT2D eigenvalue weighted by Gasteiger charge is 2.03. The predicted octanol–water partition coefficient (Wildman–Crippen LogP) is 2.25. The van der Waals surface area contributed by atoms with E-state index >= 15 is 0 Å². The quantitative estimate of drug-likeness (QED) is 0.553. The van der Waals surface area contributed by atoms with Crippen LogP contribution in [0, 0.1) is 0 Å². The van der Waals surface area contributed by atoms with E-state index in [1.54, 1.807) is 0 Å². The molecule has 0 rings (SSSR count). The second kappa shape index (κ2) is 11.4. The molecule has 0 saturated heterocycles. The Hall–Kier alpha value is -0.120. The number of likely N-dealkylation sites (N-methyl/N-ethyl adjacent to an activating group) is 1. The molecule has 0 spiro atoms. The maximum absolute atomic E-state index is 5.97. The van der Waals surface area contributed by atoms with Crippen LogP contribution in [-0.4, -0.2) is 44.3 Å². The Morgan fingerprint density at radius 2 is 1.81 bits per heavy atom. The van der Waals surface area contributed by atoms with E-state index in [9.17, 15) is 0 Å². The molecule has 98 valence electrons. The van der Waals surface area contributed by atoms with Crippen LogP contribution in [0.25, 0.3) is 0 Å². The molecule has 0 aromatic rings. The molecule has 16 heavy (non-hydrogen) atoms. The van der Waals surface area contributed by atoms with Gasteiger partial charge in [-0.3, -0.25) is 0 Å². The van der Waals surface area contributed by atoms with Crippen LogP contribution in [0.4, 0.5) is 0 Å². The minimum atomic E-state index is 0.369. The standard InChI is InChI=1S/C13H30N2O/c1-4-6-11-16-12-10-15(3)9-8-13(14)7-5-2/h13H,4-12,14H2,1-3H3. The summed E-state index contributed by atoms with van der Waals surface area (Å²) in [6.45, 7) is 8.22. The van der Waals surface area contributed by atoms with Crippen molar-refractivity contribution >= 4 is 0 Å². The van der Waals surface area contributed by atoms with Crippen LogP contribution in [0.3, 0.4) is 0 Å². The zero-order valence-electron chi connectivity index (χ0n) is 11.4. The number of nitrogens with two attached hydrogens (primary N) is 1. The van der Waals surface area contributed by atoms with Crippen molar-refractivity contribution in [3.05, 3.63) is 0 Å². The maximum atomic E-state index is 5.97. The first-order chi connectivity index (χ1) is 7.70. The van der Waals surface area contributed by atoms with Crippen molar-refractivity contribution < 1.29 is 4.74 Å². The van der Waals surface area contributed by atoms with Gasteiger partial charge in [-0.05, 0) is 32.9 Å². The Morgan fingerprint density at radius 1 is 1.06 bits per heavy atom. The first kappa shape index (κ1) is 15.9. The number of rotatable bonds is 11. The Labute approximate surface area is 101 Å². The molecule has 0 saturated carbocycles. The van der Waals surface area contributed by atoms with Crippen molar-refractivity contribution in [3.8, 4) is 0 Å². The van der Waals surface area contributed by atoms with E-state index in [2.05, 4.69) is 25.8 Å². The molecule has 0 aliphatic heterocycles. The van der Waals surface area contributed by atoms with E-state index in [0.29, 0.717) is 6.04 Å². The summed E-state index contributed by atoms with van der Waals surface area (Å²) in [7, 11) is 2.14. The molecule has 3 nitrogen and oxygen atoms in total. The van der Waals surface area contributed by atoms with Gasteiger partial charge in [-0.1, -0.05) is 26.7 Å². The highest BCUT2D eigenvalue weighted by Crippen LogP contribution is 1.99. The minimum absolute atomic E-state index is 0.369. The molecule has 0 fully saturated rings. The minimum Gasteiger partial charge on any atom is -0.380 e. The van der Waals surface area contributed by atoms with E-state index < -0.39 is 0 Å². The van der Waals surface area contributed by atoms with Crippen LogP contribution in [0.1, 0.15) is 46.0 Å². The second-order valence-electron chi connectivity index (χ2n) is 4.61. The molecule has 0 aliphatic carbocycles. The summed E-state index contributed by atoms with van der Waals surface area (Å²) in [5.41, 5.74) is 5.97. The van der Waals surface area contributed by atoms with Gasteiger partial charge in [0.2, 0.25) is 0 Å². The van der Waals surface area contributed by atoms with Crippen molar-refractivity contribution in [1.82, 2.24) is 4.90 Å². The number of nitrogens with zero attached hydrogens (tertiary/aromatic N) is 1. The van der Waals surface area contributed by atoms with Crippen molar-refractivity contribution in [2.24, 2.45) is 5.73 Å². The molecule has 1 atom stereocenters. The molecule has 0 aliphatic rings. The fourth-order valence-electron chi connectivity index (χ4n) is 1.58. The van der Waals surface area contributed by atoms with Crippen molar-refractivity contribution in [2.75, 3.05) is 33.4 Å². The first-order valence-electron chi connectivity index (χ1n) is 6.72. The molecule has 2 N–H and O–H groups in total. The van der Waals surface area contributed by atoms with Gasteiger partial charge >= 0.3 is 0 Å². The third-order valence-corrected chi connectivity index (χ3v) is 2.80. The van der Waals surface area contributed by atoms with Gasteiger partial charge in [0.25, 0.3) is 0 Å². The Kier molecular flexibility index (Phi) is 11.3. The highest BCUT2D eigenvalue weighted by atomic mass is 16.5. The van der Waals surface area contributed by atoms with Gasteiger partial charge in [-0.2, -0.15) is 0 Å². The van der Waals surface area contributed by atoms with Gasteiger partial charge in [0.1, 0.15) is 0 Å². The van der Waals surface area contributed by atoms with Crippen LogP contribution in [0.2, 0.25) is 0 Å². The molecule has 0 aromatic carbocycles. The lowest BCUT2D eigenvalue weighted by atomic mass is 10.1. The van der Waals surface area contributed by atoms with E-state index in [-0.39, 0.29) is 0 Å². The van der Waals surface area contributed by atoms with Gasteiger partial charge < -0.3 is 15.4 Å². The van der Waals surface area contributed by atoms with Crippen LogP contribution < -0.4 is 5.73 Å². The monoisotopic (exact) mass is 230 g/mol. The number of hydrogen-bond donors (Lipinski definition) is 1. The van der Waals surface area contributed by atoms with E-state index in [4.69, 9.17) is 10.5 Å². The van der Waals surface area contributed by atoms with Gasteiger partial charge in [0, 0.05) is 19.2 Å². The van der Waals surface area contributed by atoms with Crippen LogP contribution in [0.5, 0.6) is 0 Å². The summed E-state index contributed by atoms with van der Waals surface area (Å²) in [6, 6.07) is 0.369. The third-order valence-electron chi connectivity index (χ3n) is 2.80. The van der Waals surface area contributed by atoms with E-state index in [1.807, 2.05) is 0 Å². The first-order valence-corrected chi connectivity index (χ1v) is 6.72. The topological polar surface area (TPSA) is 38.5 Å². The molecule has 0 amide bonds. The zero-order chi connectivity index (χ0) is 12.2. The van der Waals surface area contributed by atoms with Gasteiger partial charge in [0.15, 0.2) is 0 Å². The summed E-state index contributed by atoms with van der Waals surface area (Å²) in [6.07, 6.45) is 5.80. The van der Waals surface area contributed by atoms with Crippen LogP contribution >= 0.6 is 0 Å². The maximum Gasteiger partial charge on any atom is 0.0593 e. The molecule has 3 heteroatoms. The normalized spacial score (nSPS) is 13.3. The molecular formula is C13H30N2O. The smallest absolute Gasteiger partial charge is 0.0593 e. The lowest BCUT2D eigenvalue weighted by Gasteiger charge is -2.19. The van der Waals surface area contributed by atoms with Gasteiger partial charge in [-0.15, -0.1) is 0 Å². The van der Waals surface area contributed by atoms with Crippen molar-refractivity contribution in [3.63, 3.8) is 0 Å². The number of hydrogen-bond acceptors (Lipinski definition) is 3. The van der Waals surface area contributed by atoms with E-state index in [1.165, 1.54) is 19.3 Å². The molecule has 0 radical (unpaired) electrons.